The third-order valence-corrected chi connectivity index (χ3v) is 5.65. The summed E-state index contributed by atoms with van der Waals surface area (Å²) in [6.45, 7) is 0.170. The van der Waals surface area contributed by atoms with E-state index in [4.69, 9.17) is 9.47 Å². The number of ketones is 1. The maximum absolute atomic E-state index is 13.4. The SMILES string of the molecule is COc1ccc(CN2C(=O)C(O)(CC(=O)c3ccccc3O)c3ccccc32)cc1OC. The largest absolute Gasteiger partial charge is 0.507 e. The summed E-state index contributed by atoms with van der Waals surface area (Å²) >= 11 is 0. The van der Waals surface area contributed by atoms with Gasteiger partial charge in [-0.15, -0.1) is 0 Å². The van der Waals surface area contributed by atoms with E-state index in [2.05, 4.69) is 0 Å². The van der Waals surface area contributed by atoms with Crippen LogP contribution in [0.4, 0.5) is 5.69 Å². The van der Waals surface area contributed by atoms with Gasteiger partial charge in [0.05, 0.1) is 38.4 Å². The van der Waals surface area contributed by atoms with Crippen LogP contribution in [0.2, 0.25) is 0 Å². The number of methoxy groups -OCH3 is 2. The van der Waals surface area contributed by atoms with Crippen LogP contribution in [0.1, 0.15) is 27.9 Å². The van der Waals surface area contributed by atoms with Gasteiger partial charge >= 0.3 is 0 Å². The normalized spacial score (nSPS) is 17.2. The number of phenolic OH excluding ortho intramolecular Hbond substituents is 1. The van der Waals surface area contributed by atoms with E-state index in [1.54, 1.807) is 55.6 Å². The zero-order valence-corrected chi connectivity index (χ0v) is 17.7. The van der Waals surface area contributed by atoms with Gasteiger partial charge in [-0.2, -0.15) is 0 Å². The topological polar surface area (TPSA) is 96.3 Å². The van der Waals surface area contributed by atoms with Crippen molar-refractivity contribution in [2.45, 2.75) is 18.6 Å². The Hall–Kier alpha value is -3.84. The van der Waals surface area contributed by atoms with Crippen molar-refractivity contribution in [3.63, 3.8) is 0 Å². The summed E-state index contributed by atoms with van der Waals surface area (Å²) in [5, 5.41) is 21.4. The van der Waals surface area contributed by atoms with Gasteiger partial charge in [0.15, 0.2) is 22.9 Å². The van der Waals surface area contributed by atoms with Gasteiger partial charge in [-0.3, -0.25) is 9.59 Å². The highest BCUT2D eigenvalue weighted by atomic mass is 16.5. The molecule has 1 unspecified atom stereocenters. The van der Waals surface area contributed by atoms with Crippen molar-refractivity contribution in [1.82, 2.24) is 0 Å². The van der Waals surface area contributed by atoms with Gasteiger partial charge in [-0.25, -0.2) is 0 Å². The van der Waals surface area contributed by atoms with E-state index >= 15 is 0 Å². The molecule has 0 fully saturated rings. The minimum atomic E-state index is -2.04. The third kappa shape index (κ3) is 3.56. The van der Waals surface area contributed by atoms with E-state index in [-0.39, 0.29) is 17.9 Å². The molecule has 3 aromatic rings. The molecule has 1 amide bonds. The molecule has 1 aliphatic rings. The fourth-order valence-electron chi connectivity index (χ4n) is 4.03. The van der Waals surface area contributed by atoms with Gasteiger partial charge in [-0.1, -0.05) is 36.4 Å². The number of para-hydroxylation sites is 2. The molecule has 2 N–H and O–H groups in total. The number of aliphatic hydroxyl groups is 1. The molecule has 7 nitrogen and oxygen atoms in total. The predicted octanol–water partition coefficient (Wildman–Crippen LogP) is 3.42. The number of aromatic hydroxyl groups is 1. The second kappa shape index (κ2) is 8.36. The van der Waals surface area contributed by atoms with Gasteiger partial charge < -0.3 is 24.6 Å². The number of anilines is 1. The summed E-state index contributed by atoms with van der Waals surface area (Å²) < 4.78 is 10.6. The molecular weight excluding hydrogens is 410 g/mol. The second-order valence-corrected chi connectivity index (χ2v) is 7.58. The molecule has 32 heavy (non-hydrogen) atoms. The number of rotatable bonds is 7. The first-order valence-electron chi connectivity index (χ1n) is 10.0. The number of Topliss-reactive ketones (excluding diaryl/α,β-unsaturated/α-hetero) is 1. The van der Waals surface area contributed by atoms with Crippen LogP contribution in [0.5, 0.6) is 17.2 Å². The van der Waals surface area contributed by atoms with Crippen LogP contribution in [0.25, 0.3) is 0 Å². The molecule has 0 spiro atoms. The number of carbonyl (C=O) groups is 2. The number of amides is 1. The summed E-state index contributed by atoms with van der Waals surface area (Å²) in [7, 11) is 3.07. The average molecular weight is 433 g/mol. The van der Waals surface area contributed by atoms with Crippen molar-refractivity contribution in [3.8, 4) is 17.2 Å². The van der Waals surface area contributed by atoms with Gasteiger partial charge in [0.2, 0.25) is 0 Å². The highest BCUT2D eigenvalue weighted by Crippen LogP contribution is 2.44. The lowest BCUT2D eigenvalue weighted by molar-refractivity contribution is -0.136. The Bertz CT molecular complexity index is 1190. The van der Waals surface area contributed by atoms with Gasteiger partial charge in [-0.05, 0) is 35.9 Å². The highest BCUT2D eigenvalue weighted by Gasteiger charge is 2.50. The predicted molar refractivity (Wildman–Crippen MR) is 118 cm³/mol. The number of hydrogen-bond donors (Lipinski definition) is 2. The average Bonchev–Trinajstić information content (AvgIpc) is 3.01. The quantitative estimate of drug-likeness (QED) is 0.555. The fourth-order valence-corrected chi connectivity index (χ4v) is 4.03. The van der Waals surface area contributed by atoms with Crippen molar-refractivity contribution in [3.05, 3.63) is 83.4 Å². The van der Waals surface area contributed by atoms with E-state index in [1.807, 2.05) is 6.07 Å². The zero-order valence-electron chi connectivity index (χ0n) is 17.7. The molecule has 4 rings (SSSR count). The van der Waals surface area contributed by atoms with Crippen LogP contribution in [0.3, 0.4) is 0 Å². The molecule has 0 aliphatic carbocycles. The van der Waals surface area contributed by atoms with Crippen LogP contribution in [0, 0.1) is 0 Å². The molecule has 1 aliphatic heterocycles. The minimum absolute atomic E-state index is 0.0598. The number of phenols is 1. The number of carbonyl (C=O) groups excluding carboxylic acids is 2. The molecule has 1 atom stereocenters. The molecular formula is C25H23NO6. The Morgan fingerprint density at radius 1 is 0.969 bits per heavy atom. The monoisotopic (exact) mass is 433 g/mol. The summed E-state index contributed by atoms with van der Waals surface area (Å²) in [6.07, 6.45) is -0.483. The van der Waals surface area contributed by atoms with Crippen molar-refractivity contribution in [1.29, 1.82) is 0 Å². The lowest BCUT2D eigenvalue weighted by Crippen LogP contribution is -2.41. The van der Waals surface area contributed by atoms with Crippen molar-refractivity contribution < 1.29 is 29.3 Å². The van der Waals surface area contributed by atoms with E-state index in [0.29, 0.717) is 22.7 Å². The number of nitrogens with zero attached hydrogens (tertiary/aromatic N) is 1. The molecule has 0 radical (unpaired) electrons. The lowest BCUT2D eigenvalue weighted by atomic mass is 9.88. The summed E-state index contributed by atoms with van der Waals surface area (Å²) in [4.78, 5) is 27.8. The van der Waals surface area contributed by atoms with Crippen LogP contribution in [-0.2, 0) is 16.9 Å². The molecule has 0 saturated heterocycles. The summed E-state index contributed by atoms with van der Waals surface area (Å²) in [5.41, 5.74) is -0.326. The van der Waals surface area contributed by atoms with E-state index < -0.39 is 23.7 Å². The Morgan fingerprint density at radius 2 is 1.66 bits per heavy atom. The van der Waals surface area contributed by atoms with Crippen LogP contribution in [-0.4, -0.2) is 36.1 Å². The first-order chi connectivity index (χ1) is 15.4. The Morgan fingerprint density at radius 3 is 2.38 bits per heavy atom. The second-order valence-electron chi connectivity index (χ2n) is 7.58. The van der Waals surface area contributed by atoms with Crippen LogP contribution >= 0.6 is 0 Å². The smallest absolute Gasteiger partial charge is 0.264 e. The summed E-state index contributed by atoms with van der Waals surface area (Å²) in [6, 6.07) is 18.2. The molecule has 164 valence electrons. The molecule has 1 heterocycles. The highest BCUT2D eigenvalue weighted by molar-refractivity contribution is 6.11. The van der Waals surface area contributed by atoms with Gasteiger partial charge in [0.1, 0.15) is 5.75 Å². The number of hydrogen-bond acceptors (Lipinski definition) is 6. The van der Waals surface area contributed by atoms with E-state index in [0.717, 1.165) is 5.56 Å². The number of benzene rings is 3. The van der Waals surface area contributed by atoms with Crippen LogP contribution < -0.4 is 14.4 Å². The van der Waals surface area contributed by atoms with E-state index in [9.17, 15) is 19.8 Å². The van der Waals surface area contributed by atoms with Crippen LogP contribution in [0.15, 0.2) is 66.7 Å². The number of fused-ring (bicyclic) bond motifs is 1. The fraction of sp³-hybridized carbons (Fsp3) is 0.200. The Labute approximate surface area is 185 Å². The molecule has 0 bridgehead atoms. The summed E-state index contributed by atoms with van der Waals surface area (Å²) in [5.74, 6) is -0.231. The van der Waals surface area contributed by atoms with Gasteiger partial charge in [0, 0.05) is 5.56 Å². The Balaban J connectivity index is 1.68. The van der Waals surface area contributed by atoms with E-state index in [1.165, 1.54) is 24.1 Å². The minimum Gasteiger partial charge on any atom is -0.507 e. The zero-order chi connectivity index (χ0) is 22.9. The molecule has 0 saturated carbocycles. The molecule has 0 aromatic heterocycles. The lowest BCUT2D eigenvalue weighted by Gasteiger charge is -2.23. The number of ether oxygens (including phenoxy) is 2. The Kier molecular flexibility index (Phi) is 5.59. The molecule has 3 aromatic carbocycles. The third-order valence-electron chi connectivity index (χ3n) is 5.65. The van der Waals surface area contributed by atoms with Crippen molar-refractivity contribution in [2.75, 3.05) is 19.1 Å². The standard InChI is InChI=1S/C25H23NO6/c1-31-22-12-11-16(13-23(22)32-2)15-26-19-9-5-4-8-18(19)25(30,24(26)29)14-21(28)17-7-3-6-10-20(17)27/h3-13,27,30H,14-15H2,1-2H3. The first kappa shape index (κ1) is 21.4. The van der Waals surface area contributed by atoms with Crippen molar-refractivity contribution in [2.24, 2.45) is 0 Å². The molecule has 7 heteroatoms. The first-order valence-corrected chi connectivity index (χ1v) is 10.0. The maximum Gasteiger partial charge on any atom is 0.264 e. The maximum atomic E-state index is 13.4. The van der Waals surface area contributed by atoms with Crippen molar-refractivity contribution >= 4 is 17.4 Å². The van der Waals surface area contributed by atoms with Gasteiger partial charge in [0.25, 0.3) is 5.91 Å².